The number of carbonyl (C=O) groups is 1. The van der Waals surface area contributed by atoms with Crippen molar-refractivity contribution in [3.63, 3.8) is 0 Å². The van der Waals surface area contributed by atoms with E-state index in [4.69, 9.17) is 5.73 Å². The van der Waals surface area contributed by atoms with Gasteiger partial charge in [0.2, 0.25) is 0 Å². The molecule has 0 amide bonds. The average molecular weight is 298 g/mol. The highest BCUT2D eigenvalue weighted by molar-refractivity contribution is 7.16. The minimum absolute atomic E-state index is 0.0814. The molecule has 3 nitrogen and oxygen atoms in total. The van der Waals surface area contributed by atoms with Crippen LogP contribution in [0.15, 0.2) is 24.3 Å². The Morgan fingerprint density at radius 3 is 2.81 bits per heavy atom. The molecule has 108 valence electrons. The second-order valence-electron chi connectivity index (χ2n) is 6.11. The molecule has 3 N–H and O–H groups in total. The minimum atomic E-state index is 0.0814. The third-order valence-electron chi connectivity index (χ3n) is 4.75. The van der Waals surface area contributed by atoms with Crippen molar-refractivity contribution < 1.29 is 4.79 Å². The lowest BCUT2D eigenvalue weighted by molar-refractivity contribution is 0.103. The number of thiophene rings is 1. The van der Waals surface area contributed by atoms with E-state index in [0.29, 0.717) is 16.8 Å². The van der Waals surface area contributed by atoms with E-state index in [0.717, 1.165) is 36.2 Å². The molecule has 2 heterocycles. The summed E-state index contributed by atoms with van der Waals surface area (Å²) in [6.07, 6.45) is 0.994. The first kappa shape index (κ1) is 13.0. The summed E-state index contributed by atoms with van der Waals surface area (Å²) in [6, 6.07) is 7.76. The molecule has 2 atom stereocenters. The number of hydrogen-bond donors (Lipinski definition) is 2. The smallest absolute Gasteiger partial charge is 0.196 e. The molecule has 0 radical (unpaired) electrons. The van der Waals surface area contributed by atoms with Crippen molar-refractivity contribution >= 4 is 22.1 Å². The lowest BCUT2D eigenvalue weighted by Crippen LogP contribution is -2.12. The summed E-state index contributed by atoms with van der Waals surface area (Å²) in [6.45, 7) is 4.11. The van der Waals surface area contributed by atoms with Crippen LogP contribution in [0.3, 0.4) is 0 Å². The maximum atomic E-state index is 12.8. The second kappa shape index (κ2) is 4.68. The molecule has 1 aromatic heterocycles. The highest BCUT2D eigenvalue weighted by atomic mass is 32.1. The number of hydrogen-bond acceptors (Lipinski definition) is 4. The Bertz CT molecular complexity index is 717. The predicted octanol–water partition coefficient (Wildman–Crippen LogP) is 2.73. The van der Waals surface area contributed by atoms with Gasteiger partial charge in [-0.3, -0.25) is 4.79 Å². The van der Waals surface area contributed by atoms with Crippen LogP contribution in [-0.4, -0.2) is 18.9 Å². The number of anilines is 1. The van der Waals surface area contributed by atoms with E-state index in [1.165, 1.54) is 10.4 Å². The van der Waals surface area contributed by atoms with Gasteiger partial charge < -0.3 is 11.1 Å². The van der Waals surface area contributed by atoms with Crippen LogP contribution in [-0.2, 0) is 6.42 Å². The molecule has 0 saturated carbocycles. The Morgan fingerprint density at radius 1 is 1.29 bits per heavy atom. The topological polar surface area (TPSA) is 55.1 Å². The van der Waals surface area contributed by atoms with E-state index in [9.17, 15) is 4.79 Å². The molecule has 1 aliphatic carbocycles. The van der Waals surface area contributed by atoms with Crippen molar-refractivity contribution in [3.05, 3.63) is 51.4 Å². The van der Waals surface area contributed by atoms with Gasteiger partial charge >= 0.3 is 0 Å². The van der Waals surface area contributed by atoms with Crippen molar-refractivity contribution in [3.8, 4) is 0 Å². The number of carbonyl (C=O) groups excluding carboxylic acids is 1. The van der Waals surface area contributed by atoms with Crippen molar-refractivity contribution in [1.82, 2.24) is 5.32 Å². The quantitative estimate of drug-likeness (QED) is 0.838. The van der Waals surface area contributed by atoms with E-state index in [1.54, 1.807) is 11.3 Å². The van der Waals surface area contributed by atoms with Crippen molar-refractivity contribution in [1.29, 1.82) is 0 Å². The van der Waals surface area contributed by atoms with Crippen LogP contribution in [0.4, 0.5) is 5.00 Å². The van der Waals surface area contributed by atoms with Crippen LogP contribution in [0, 0.1) is 12.8 Å². The van der Waals surface area contributed by atoms with Gasteiger partial charge in [0.05, 0.1) is 10.6 Å². The molecule has 0 bridgehead atoms. The van der Waals surface area contributed by atoms with Crippen molar-refractivity contribution in [2.24, 2.45) is 5.92 Å². The molecule has 2 aliphatic rings. The van der Waals surface area contributed by atoms with E-state index in [1.807, 2.05) is 31.2 Å². The SMILES string of the molecule is Cc1ccc(C(=O)c2c(N)sc3c2CC2CNCC32)cc1. The Labute approximate surface area is 128 Å². The maximum absolute atomic E-state index is 12.8. The van der Waals surface area contributed by atoms with Crippen LogP contribution in [0.25, 0.3) is 0 Å². The summed E-state index contributed by atoms with van der Waals surface area (Å²) in [5.41, 5.74) is 10.1. The van der Waals surface area contributed by atoms with Gasteiger partial charge in [-0.05, 0) is 31.4 Å². The number of nitrogens with two attached hydrogens (primary N) is 1. The molecule has 1 aromatic carbocycles. The van der Waals surface area contributed by atoms with Crippen LogP contribution in [0.2, 0.25) is 0 Å². The number of aryl methyl sites for hydroxylation is 1. The van der Waals surface area contributed by atoms with E-state index < -0.39 is 0 Å². The number of benzene rings is 1. The highest BCUT2D eigenvalue weighted by Gasteiger charge is 2.40. The van der Waals surface area contributed by atoms with Gasteiger partial charge in [-0.2, -0.15) is 0 Å². The van der Waals surface area contributed by atoms with E-state index in [-0.39, 0.29) is 5.78 Å². The Morgan fingerprint density at radius 2 is 2.05 bits per heavy atom. The maximum Gasteiger partial charge on any atom is 0.196 e. The zero-order valence-corrected chi connectivity index (χ0v) is 12.8. The molecular weight excluding hydrogens is 280 g/mol. The summed E-state index contributed by atoms with van der Waals surface area (Å²) in [5.74, 6) is 1.29. The number of ketones is 1. The standard InChI is InChI=1S/C17H18N2OS/c1-9-2-4-10(5-3-9)15(20)14-12-6-11-7-19-8-13(11)16(12)21-17(14)18/h2-5,11,13,19H,6-8,18H2,1H3. The highest BCUT2D eigenvalue weighted by Crippen LogP contribution is 2.48. The lowest BCUT2D eigenvalue weighted by Gasteiger charge is -2.07. The van der Waals surface area contributed by atoms with Gasteiger partial charge in [0.1, 0.15) is 0 Å². The van der Waals surface area contributed by atoms with Crippen LogP contribution in [0.1, 0.15) is 37.8 Å². The van der Waals surface area contributed by atoms with Crippen molar-refractivity contribution in [2.75, 3.05) is 18.8 Å². The second-order valence-corrected chi connectivity index (χ2v) is 7.19. The largest absolute Gasteiger partial charge is 0.390 e. The summed E-state index contributed by atoms with van der Waals surface area (Å²) in [5, 5.41) is 4.13. The van der Waals surface area contributed by atoms with Crippen LogP contribution >= 0.6 is 11.3 Å². The molecule has 1 aliphatic heterocycles. The Hall–Kier alpha value is -1.65. The zero-order valence-electron chi connectivity index (χ0n) is 12.0. The lowest BCUT2D eigenvalue weighted by atomic mass is 9.98. The molecule has 2 unspecified atom stereocenters. The van der Waals surface area contributed by atoms with Gasteiger partial charge in [0.25, 0.3) is 0 Å². The van der Waals surface area contributed by atoms with E-state index in [2.05, 4.69) is 5.32 Å². The molecule has 4 rings (SSSR count). The molecule has 21 heavy (non-hydrogen) atoms. The van der Waals surface area contributed by atoms with Gasteiger partial charge in [0.15, 0.2) is 5.78 Å². The Kier molecular flexibility index (Phi) is 2.91. The molecule has 0 spiro atoms. The first-order valence-electron chi connectivity index (χ1n) is 7.38. The fraction of sp³-hybridized carbons (Fsp3) is 0.353. The van der Waals surface area contributed by atoms with Gasteiger partial charge in [-0.1, -0.05) is 29.8 Å². The number of nitrogen functional groups attached to an aromatic ring is 1. The van der Waals surface area contributed by atoms with E-state index >= 15 is 0 Å². The monoisotopic (exact) mass is 298 g/mol. The van der Waals surface area contributed by atoms with Crippen molar-refractivity contribution in [2.45, 2.75) is 19.3 Å². The van der Waals surface area contributed by atoms with Crippen LogP contribution < -0.4 is 11.1 Å². The molecule has 1 fully saturated rings. The number of fused-ring (bicyclic) bond motifs is 3. The minimum Gasteiger partial charge on any atom is -0.390 e. The third kappa shape index (κ3) is 1.93. The molecular formula is C17H18N2OS. The fourth-order valence-electron chi connectivity index (χ4n) is 3.62. The molecule has 4 heteroatoms. The third-order valence-corrected chi connectivity index (χ3v) is 5.94. The average Bonchev–Trinajstić information content (AvgIpc) is 3.10. The first-order valence-corrected chi connectivity index (χ1v) is 8.20. The number of nitrogens with one attached hydrogen (secondary N) is 1. The van der Waals surface area contributed by atoms with Crippen LogP contribution in [0.5, 0.6) is 0 Å². The Balaban J connectivity index is 1.76. The van der Waals surface area contributed by atoms with Gasteiger partial charge in [-0.25, -0.2) is 0 Å². The normalized spacial score (nSPS) is 23.1. The fourth-order valence-corrected chi connectivity index (χ4v) is 4.91. The zero-order chi connectivity index (χ0) is 14.6. The summed E-state index contributed by atoms with van der Waals surface area (Å²) >= 11 is 1.62. The molecule has 2 aromatic rings. The first-order chi connectivity index (χ1) is 10.1. The van der Waals surface area contributed by atoms with Gasteiger partial charge in [-0.15, -0.1) is 11.3 Å². The summed E-state index contributed by atoms with van der Waals surface area (Å²) in [4.78, 5) is 14.2. The summed E-state index contributed by atoms with van der Waals surface area (Å²) < 4.78 is 0. The number of rotatable bonds is 2. The van der Waals surface area contributed by atoms with Gasteiger partial charge in [0, 0.05) is 22.9 Å². The summed E-state index contributed by atoms with van der Waals surface area (Å²) in [7, 11) is 0. The predicted molar refractivity (Wildman–Crippen MR) is 86.1 cm³/mol. The molecule has 1 saturated heterocycles.